The number of carbonyl (C=O) groups excluding carboxylic acids is 1. The van der Waals surface area contributed by atoms with Crippen LogP contribution in [0.5, 0.6) is 5.75 Å². The van der Waals surface area contributed by atoms with E-state index in [-0.39, 0.29) is 13.2 Å². The Morgan fingerprint density at radius 3 is 2.25 bits per heavy atom. The maximum absolute atomic E-state index is 11.1. The number of carbonyl (C=O) groups is 2. The maximum atomic E-state index is 11.1. The average Bonchev–Trinajstić information content (AvgIpc) is 2.34. The SMILES string of the molecule is O=C(O)/C=C\C(=O)OCCOc1c(Br)cc(Br)cc1Br. The van der Waals surface area contributed by atoms with Crippen LogP contribution in [0.4, 0.5) is 0 Å². The van der Waals surface area contributed by atoms with Crippen LogP contribution in [0.3, 0.4) is 0 Å². The van der Waals surface area contributed by atoms with E-state index in [2.05, 4.69) is 47.8 Å². The standard InChI is InChI=1S/C12H9Br3O5/c13-7-5-8(14)12(9(15)6-7)20-4-3-19-11(18)2-1-10(16)17/h1-2,5-6H,3-4H2,(H,16,17)/b2-1-. The van der Waals surface area contributed by atoms with Crippen molar-refractivity contribution in [3.63, 3.8) is 0 Å². The van der Waals surface area contributed by atoms with Crippen LogP contribution in [0.15, 0.2) is 37.7 Å². The van der Waals surface area contributed by atoms with E-state index in [1.54, 1.807) is 0 Å². The second kappa shape index (κ2) is 8.43. The average molecular weight is 473 g/mol. The highest BCUT2D eigenvalue weighted by molar-refractivity contribution is 9.11. The highest BCUT2D eigenvalue weighted by Gasteiger charge is 2.08. The van der Waals surface area contributed by atoms with Gasteiger partial charge in [0, 0.05) is 16.6 Å². The summed E-state index contributed by atoms with van der Waals surface area (Å²) in [5.41, 5.74) is 0. The Morgan fingerprint density at radius 1 is 1.10 bits per heavy atom. The number of aliphatic carboxylic acids is 1. The molecule has 0 aliphatic carbocycles. The van der Waals surface area contributed by atoms with Crippen molar-refractivity contribution < 1.29 is 24.2 Å². The lowest BCUT2D eigenvalue weighted by Gasteiger charge is -2.10. The fourth-order valence-electron chi connectivity index (χ4n) is 1.14. The summed E-state index contributed by atoms with van der Waals surface area (Å²) in [6.45, 7) is 0.156. The molecule has 0 spiro atoms. The van der Waals surface area contributed by atoms with Crippen LogP contribution in [-0.2, 0) is 14.3 Å². The van der Waals surface area contributed by atoms with E-state index in [0.717, 1.165) is 19.5 Å². The van der Waals surface area contributed by atoms with Gasteiger partial charge in [-0.1, -0.05) is 15.9 Å². The van der Waals surface area contributed by atoms with Crippen LogP contribution in [0.25, 0.3) is 0 Å². The first-order valence-electron chi connectivity index (χ1n) is 5.25. The van der Waals surface area contributed by atoms with Crippen molar-refractivity contribution in [2.75, 3.05) is 13.2 Å². The van der Waals surface area contributed by atoms with E-state index >= 15 is 0 Å². The zero-order chi connectivity index (χ0) is 15.1. The summed E-state index contributed by atoms with van der Waals surface area (Å²) < 4.78 is 12.6. The highest BCUT2D eigenvalue weighted by Crippen LogP contribution is 2.36. The summed E-state index contributed by atoms with van der Waals surface area (Å²) in [4.78, 5) is 21.3. The van der Waals surface area contributed by atoms with Crippen LogP contribution >= 0.6 is 47.8 Å². The Balaban J connectivity index is 2.42. The molecule has 0 radical (unpaired) electrons. The van der Waals surface area contributed by atoms with E-state index in [1.165, 1.54) is 0 Å². The van der Waals surface area contributed by atoms with Crippen LogP contribution in [0.1, 0.15) is 0 Å². The lowest BCUT2D eigenvalue weighted by Crippen LogP contribution is -2.11. The van der Waals surface area contributed by atoms with Gasteiger partial charge in [-0.25, -0.2) is 9.59 Å². The Morgan fingerprint density at radius 2 is 1.70 bits per heavy atom. The van der Waals surface area contributed by atoms with Gasteiger partial charge < -0.3 is 14.6 Å². The van der Waals surface area contributed by atoms with Gasteiger partial charge in [-0.3, -0.25) is 0 Å². The second-order valence-corrected chi connectivity index (χ2v) is 6.01. The van der Waals surface area contributed by atoms with Gasteiger partial charge in [-0.15, -0.1) is 0 Å². The molecular weight excluding hydrogens is 464 g/mol. The van der Waals surface area contributed by atoms with Crippen molar-refractivity contribution in [3.8, 4) is 5.75 Å². The number of carboxylic acid groups (broad SMARTS) is 1. The first-order chi connectivity index (χ1) is 9.40. The molecule has 108 valence electrons. The number of halogens is 3. The molecule has 0 saturated heterocycles. The molecule has 0 unspecified atom stereocenters. The molecule has 20 heavy (non-hydrogen) atoms. The number of rotatable bonds is 6. The molecule has 0 fully saturated rings. The summed E-state index contributed by atoms with van der Waals surface area (Å²) in [6.07, 6.45) is 1.55. The van der Waals surface area contributed by atoms with E-state index in [4.69, 9.17) is 14.6 Å². The largest absolute Gasteiger partial charge is 0.488 e. The molecule has 8 heteroatoms. The number of hydrogen-bond donors (Lipinski definition) is 1. The molecule has 0 aromatic heterocycles. The van der Waals surface area contributed by atoms with Crippen molar-refractivity contribution in [2.24, 2.45) is 0 Å². The van der Waals surface area contributed by atoms with Gasteiger partial charge >= 0.3 is 11.9 Å². The van der Waals surface area contributed by atoms with Gasteiger partial charge in [0.15, 0.2) is 0 Å². The van der Waals surface area contributed by atoms with E-state index < -0.39 is 11.9 Å². The predicted octanol–water partition coefficient (Wildman–Crippen LogP) is 3.54. The van der Waals surface area contributed by atoms with E-state index in [9.17, 15) is 9.59 Å². The molecule has 1 N–H and O–H groups in total. The van der Waals surface area contributed by atoms with E-state index in [1.807, 2.05) is 12.1 Å². The van der Waals surface area contributed by atoms with Crippen LogP contribution < -0.4 is 4.74 Å². The predicted molar refractivity (Wildman–Crippen MR) is 82.8 cm³/mol. The third kappa shape index (κ3) is 6.06. The maximum Gasteiger partial charge on any atom is 0.331 e. The summed E-state index contributed by atoms with van der Waals surface area (Å²) in [5, 5.41) is 8.33. The molecule has 0 bridgehead atoms. The molecule has 0 atom stereocenters. The van der Waals surface area contributed by atoms with Gasteiger partial charge in [0.2, 0.25) is 0 Å². The number of esters is 1. The lowest BCUT2D eigenvalue weighted by molar-refractivity contribution is -0.139. The first kappa shape index (κ1) is 17.2. The zero-order valence-corrected chi connectivity index (χ0v) is 14.7. The number of ether oxygens (including phenoxy) is 2. The lowest BCUT2D eigenvalue weighted by atomic mass is 10.3. The van der Waals surface area contributed by atoms with Crippen molar-refractivity contribution >= 4 is 59.7 Å². The number of benzene rings is 1. The second-order valence-electron chi connectivity index (χ2n) is 3.39. The molecule has 0 amide bonds. The first-order valence-corrected chi connectivity index (χ1v) is 7.63. The molecule has 1 aromatic carbocycles. The molecular formula is C12H9Br3O5. The fraction of sp³-hybridized carbons (Fsp3) is 0.167. The molecule has 0 heterocycles. The topological polar surface area (TPSA) is 72.8 Å². The third-order valence-corrected chi connectivity index (χ3v) is 3.54. The number of hydrogen-bond acceptors (Lipinski definition) is 4. The fourth-order valence-corrected chi connectivity index (χ4v) is 3.63. The third-order valence-electron chi connectivity index (χ3n) is 1.90. The van der Waals surface area contributed by atoms with Gasteiger partial charge in [0.25, 0.3) is 0 Å². The van der Waals surface area contributed by atoms with Crippen molar-refractivity contribution in [3.05, 3.63) is 37.7 Å². The van der Waals surface area contributed by atoms with E-state index in [0.29, 0.717) is 11.8 Å². The molecule has 0 saturated carbocycles. The van der Waals surface area contributed by atoms with Crippen LogP contribution in [-0.4, -0.2) is 30.3 Å². The Bertz CT molecular complexity index is 519. The normalized spacial score (nSPS) is 10.6. The summed E-state index contributed by atoms with van der Waals surface area (Å²) in [5.74, 6) is -1.35. The van der Waals surface area contributed by atoms with Crippen molar-refractivity contribution in [1.82, 2.24) is 0 Å². The van der Waals surface area contributed by atoms with Crippen molar-refractivity contribution in [2.45, 2.75) is 0 Å². The molecule has 1 aromatic rings. The van der Waals surface area contributed by atoms with Gasteiger partial charge in [0.1, 0.15) is 19.0 Å². The zero-order valence-electron chi connectivity index (χ0n) is 9.94. The van der Waals surface area contributed by atoms with Gasteiger partial charge in [-0.2, -0.15) is 0 Å². The molecule has 0 aliphatic heterocycles. The van der Waals surface area contributed by atoms with Gasteiger partial charge in [-0.05, 0) is 44.0 Å². The monoisotopic (exact) mass is 470 g/mol. The Hall–Kier alpha value is -0.860. The minimum atomic E-state index is -1.21. The molecule has 0 aliphatic rings. The van der Waals surface area contributed by atoms with Gasteiger partial charge in [0.05, 0.1) is 8.95 Å². The number of carboxylic acids is 1. The van der Waals surface area contributed by atoms with Crippen LogP contribution in [0.2, 0.25) is 0 Å². The summed E-state index contributed by atoms with van der Waals surface area (Å²) in [7, 11) is 0. The summed E-state index contributed by atoms with van der Waals surface area (Å²) >= 11 is 10.0. The van der Waals surface area contributed by atoms with Crippen molar-refractivity contribution in [1.29, 1.82) is 0 Å². The Kier molecular flexibility index (Phi) is 7.25. The highest BCUT2D eigenvalue weighted by atomic mass is 79.9. The quantitative estimate of drug-likeness (QED) is 0.389. The smallest absolute Gasteiger partial charge is 0.331 e. The molecule has 1 rings (SSSR count). The summed E-state index contributed by atoms with van der Waals surface area (Å²) in [6, 6.07) is 3.64. The molecule has 5 nitrogen and oxygen atoms in total. The van der Waals surface area contributed by atoms with Crippen LogP contribution in [0, 0.1) is 0 Å². The Labute approximate surface area is 140 Å². The minimum Gasteiger partial charge on any atom is -0.488 e. The minimum absolute atomic E-state index is 0.0116.